The highest BCUT2D eigenvalue weighted by molar-refractivity contribution is 9.10. The molecular formula is C23H21BrN2O3S. The van der Waals surface area contributed by atoms with Gasteiger partial charge in [0, 0.05) is 29.3 Å². The highest BCUT2D eigenvalue weighted by Crippen LogP contribution is 2.33. The lowest BCUT2D eigenvalue weighted by Crippen LogP contribution is -2.30. The summed E-state index contributed by atoms with van der Waals surface area (Å²) in [5, 5.41) is 0. The molecule has 0 bridgehead atoms. The highest BCUT2D eigenvalue weighted by atomic mass is 79.9. The number of fused-ring (bicyclic) bond motifs is 1. The number of amides is 1. The molecule has 1 aliphatic heterocycles. The summed E-state index contributed by atoms with van der Waals surface area (Å²) in [6.45, 7) is 2.33. The Morgan fingerprint density at radius 3 is 2.57 bits per heavy atom. The van der Waals surface area contributed by atoms with E-state index in [9.17, 15) is 13.2 Å². The van der Waals surface area contributed by atoms with E-state index in [0.29, 0.717) is 24.2 Å². The van der Waals surface area contributed by atoms with Crippen molar-refractivity contribution in [3.05, 3.63) is 87.9 Å². The molecule has 154 valence electrons. The molecule has 30 heavy (non-hydrogen) atoms. The number of para-hydroxylation sites is 1. The van der Waals surface area contributed by atoms with E-state index >= 15 is 0 Å². The highest BCUT2D eigenvalue weighted by Gasteiger charge is 2.31. The zero-order valence-electron chi connectivity index (χ0n) is 16.7. The van der Waals surface area contributed by atoms with E-state index < -0.39 is 10.0 Å². The SMILES string of the molecule is Cc1cc(Br)ccc1N(C)C(=O)c1cccc(S(=O)(=O)N2CCc3ccccc32)c1. The third kappa shape index (κ3) is 3.63. The van der Waals surface area contributed by atoms with Gasteiger partial charge in [0.25, 0.3) is 15.9 Å². The third-order valence-electron chi connectivity index (χ3n) is 5.34. The minimum atomic E-state index is -3.76. The molecule has 3 aromatic rings. The maximum Gasteiger partial charge on any atom is 0.264 e. The molecule has 0 spiro atoms. The van der Waals surface area contributed by atoms with Crippen LogP contribution in [0.2, 0.25) is 0 Å². The van der Waals surface area contributed by atoms with Gasteiger partial charge in [-0.1, -0.05) is 40.2 Å². The summed E-state index contributed by atoms with van der Waals surface area (Å²) in [7, 11) is -2.06. The average molecular weight is 485 g/mol. The molecule has 3 aromatic carbocycles. The van der Waals surface area contributed by atoms with Crippen molar-refractivity contribution < 1.29 is 13.2 Å². The molecule has 7 heteroatoms. The van der Waals surface area contributed by atoms with Crippen LogP contribution >= 0.6 is 15.9 Å². The Bertz CT molecular complexity index is 1240. The van der Waals surface area contributed by atoms with Crippen LogP contribution in [0.15, 0.2) is 76.1 Å². The zero-order chi connectivity index (χ0) is 21.5. The smallest absolute Gasteiger partial charge is 0.264 e. The summed E-state index contributed by atoms with van der Waals surface area (Å²) in [4.78, 5) is 14.7. The number of anilines is 2. The quantitative estimate of drug-likeness (QED) is 0.534. The molecule has 0 atom stereocenters. The lowest BCUT2D eigenvalue weighted by atomic mass is 10.1. The lowest BCUT2D eigenvalue weighted by molar-refractivity contribution is 0.0992. The Morgan fingerprint density at radius 2 is 1.80 bits per heavy atom. The van der Waals surface area contributed by atoms with Crippen LogP contribution in [0.5, 0.6) is 0 Å². The van der Waals surface area contributed by atoms with Crippen LogP contribution in [0.3, 0.4) is 0 Å². The van der Waals surface area contributed by atoms with Gasteiger partial charge in [-0.15, -0.1) is 0 Å². The molecule has 0 fully saturated rings. The zero-order valence-corrected chi connectivity index (χ0v) is 19.1. The van der Waals surface area contributed by atoms with Crippen molar-refractivity contribution in [3.63, 3.8) is 0 Å². The third-order valence-corrected chi connectivity index (χ3v) is 7.64. The predicted octanol–water partition coefficient (Wildman–Crippen LogP) is 4.79. The van der Waals surface area contributed by atoms with Gasteiger partial charge in [0.2, 0.25) is 0 Å². The Labute approximate surface area is 185 Å². The van der Waals surface area contributed by atoms with Crippen LogP contribution < -0.4 is 9.21 Å². The Hall–Kier alpha value is -2.64. The number of nitrogens with zero attached hydrogens (tertiary/aromatic N) is 2. The molecule has 5 nitrogen and oxygen atoms in total. The van der Waals surface area contributed by atoms with Crippen molar-refractivity contribution in [2.75, 3.05) is 22.8 Å². The normalized spacial score (nSPS) is 13.2. The molecule has 0 unspecified atom stereocenters. The van der Waals surface area contributed by atoms with Crippen LogP contribution in [-0.2, 0) is 16.4 Å². The fraction of sp³-hybridized carbons (Fsp3) is 0.174. The number of sulfonamides is 1. The second-order valence-electron chi connectivity index (χ2n) is 7.28. The first kappa shape index (κ1) is 20.6. The number of rotatable bonds is 4. The van der Waals surface area contributed by atoms with E-state index in [1.807, 2.05) is 49.4 Å². The maximum absolute atomic E-state index is 13.3. The van der Waals surface area contributed by atoms with E-state index in [4.69, 9.17) is 0 Å². The summed E-state index contributed by atoms with van der Waals surface area (Å²) in [6.07, 6.45) is 0.680. The average Bonchev–Trinajstić information content (AvgIpc) is 3.18. The number of benzene rings is 3. The molecule has 1 amide bonds. The van der Waals surface area contributed by atoms with Gasteiger partial charge in [0.05, 0.1) is 10.6 Å². The topological polar surface area (TPSA) is 57.7 Å². The molecule has 0 saturated heterocycles. The van der Waals surface area contributed by atoms with Crippen LogP contribution in [0, 0.1) is 6.92 Å². The van der Waals surface area contributed by atoms with Crippen molar-refractivity contribution in [2.45, 2.75) is 18.2 Å². The van der Waals surface area contributed by atoms with E-state index in [1.54, 1.807) is 24.1 Å². The van der Waals surface area contributed by atoms with E-state index in [0.717, 1.165) is 21.3 Å². The van der Waals surface area contributed by atoms with Crippen LogP contribution in [0.1, 0.15) is 21.5 Å². The van der Waals surface area contributed by atoms with Crippen molar-refractivity contribution in [2.24, 2.45) is 0 Å². The minimum absolute atomic E-state index is 0.117. The van der Waals surface area contributed by atoms with Gasteiger partial charge >= 0.3 is 0 Å². The molecule has 0 aromatic heterocycles. The summed E-state index contributed by atoms with van der Waals surface area (Å²) >= 11 is 3.43. The molecule has 1 aliphatic rings. The van der Waals surface area contributed by atoms with Crippen molar-refractivity contribution in [1.82, 2.24) is 0 Å². The minimum Gasteiger partial charge on any atom is -0.311 e. The first-order chi connectivity index (χ1) is 14.3. The molecule has 4 rings (SSSR count). The second kappa shape index (κ2) is 7.89. The summed E-state index contributed by atoms with van der Waals surface area (Å²) < 4.78 is 29.0. The van der Waals surface area contributed by atoms with Gasteiger partial charge in [-0.2, -0.15) is 0 Å². The number of hydrogen-bond acceptors (Lipinski definition) is 3. The molecular weight excluding hydrogens is 464 g/mol. The van der Waals surface area contributed by atoms with Gasteiger partial charge in [0.15, 0.2) is 0 Å². The number of halogens is 1. The van der Waals surface area contributed by atoms with Crippen LogP contribution in [-0.4, -0.2) is 27.9 Å². The lowest BCUT2D eigenvalue weighted by Gasteiger charge is -2.22. The van der Waals surface area contributed by atoms with Gasteiger partial charge in [-0.3, -0.25) is 9.10 Å². The number of aryl methyl sites for hydroxylation is 1. The van der Waals surface area contributed by atoms with E-state index in [2.05, 4.69) is 15.9 Å². The van der Waals surface area contributed by atoms with Crippen molar-refractivity contribution >= 4 is 43.2 Å². The molecule has 0 radical (unpaired) electrons. The Kier molecular flexibility index (Phi) is 5.42. The molecule has 1 heterocycles. The summed E-state index contributed by atoms with van der Waals surface area (Å²) in [5.74, 6) is -0.265. The van der Waals surface area contributed by atoms with Gasteiger partial charge in [-0.05, 0) is 66.9 Å². The number of hydrogen-bond donors (Lipinski definition) is 0. The van der Waals surface area contributed by atoms with Gasteiger partial charge < -0.3 is 4.90 Å². The summed E-state index contributed by atoms with van der Waals surface area (Å²) in [6, 6.07) is 19.4. The fourth-order valence-electron chi connectivity index (χ4n) is 3.77. The maximum atomic E-state index is 13.3. The first-order valence-corrected chi connectivity index (χ1v) is 11.8. The summed E-state index contributed by atoms with van der Waals surface area (Å²) in [5.41, 5.74) is 3.76. The largest absolute Gasteiger partial charge is 0.311 e. The van der Waals surface area contributed by atoms with Crippen LogP contribution in [0.25, 0.3) is 0 Å². The number of carbonyl (C=O) groups is 1. The van der Waals surface area contributed by atoms with Gasteiger partial charge in [-0.25, -0.2) is 8.42 Å². The van der Waals surface area contributed by atoms with Crippen LogP contribution in [0.4, 0.5) is 11.4 Å². The van der Waals surface area contributed by atoms with Crippen molar-refractivity contribution in [1.29, 1.82) is 0 Å². The van der Waals surface area contributed by atoms with E-state index in [1.165, 1.54) is 16.4 Å². The van der Waals surface area contributed by atoms with Crippen molar-refractivity contribution in [3.8, 4) is 0 Å². The molecule has 0 aliphatic carbocycles. The standard InChI is InChI=1S/C23H21BrN2O3S/c1-16-14-19(24)10-11-21(16)25(2)23(27)18-7-5-8-20(15-18)30(28,29)26-13-12-17-6-3-4-9-22(17)26/h3-11,14-15H,12-13H2,1-2H3. The first-order valence-electron chi connectivity index (χ1n) is 9.54. The fourth-order valence-corrected chi connectivity index (χ4v) is 5.80. The molecule has 0 saturated carbocycles. The van der Waals surface area contributed by atoms with E-state index in [-0.39, 0.29) is 10.8 Å². The second-order valence-corrected chi connectivity index (χ2v) is 10.1. The monoisotopic (exact) mass is 484 g/mol. The van der Waals surface area contributed by atoms with Gasteiger partial charge in [0.1, 0.15) is 0 Å². The predicted molar refractivity (Wildman–Crippen MR) is 123 cm³/mol. The molecule has 0 N–H and O–H groups in total. The Morgan fingerprint density at radius 1 is 1.03 bits per heavy atom. The number of carbonyl (C=O) groups excluding carboxylic acids is 1. The Balaban J connectivity index is 1.66.